The molecule has 23 heavy (non-hydrogen) atoms. The number of nitrogens with zero attached hydrogens (tertiary/aromatic N) is 7. The average Bonchev–Trinajstić information content (AvgIpc) is 3.10. The summed E-state index contributed by atoms with van der Waals surface area (Å²) >= 11 is 0. The van der Waals surface area contributed by atoms with Gasteiger partial charge >= 0.3 is 0 Å². The van der Waals surface area contributed by atoms with Crippen LogP contribution in [0.5, 0.6) is 0 Å². The van der Waals surface area contributed by atoms with Crippen molar-refractivity contribution in [2.24, 2.45) is 7.05 Å². The van der Waals surface area contributed by atoms with E-state index in [0.29, 0.717) is 13.2 Å². The Morgan fingerprint density at radius 3 is 2.87 bits per heavy atom. The molecule has 0 atom stereocenters. The molecule has 1 aliphatic rings. The fourth-order valence-corrected chi connectivity index (χ4v) is 2.73. The van der Waals surface area contributed by atoms with Crippen LogP contribution in [0.15, 0.2) is 12.4 Å². The summed E-state index contributed by atoms with van der Waals surface area (Å²) < 4.78 is 9.72. The van der Waals surface area contributed by atoms with Crippen molar-refractivity contribution in [2.45, 2.75) is 26.2 Å². The Kier molecular flexibility index (Phi) is 5.04. The fraction of sp³-hybridized carbons (Fsp3) is 0.667. The number of hydrogen-bond acceptors (Lipinski definition) is 6. The molecule has 0 N–H and O–H groups in total. The molecule has 3 rings (SSSR count). The van der Waals surface area contributed by atoms with Crippen LogP contribution in [0, 0.1) is 0 Å². The Morgan fingerprint density at radius 2 is 2.13 bits per heavy atom. The number of rotatable bonds is 7. The maximum absolute atomic E-state index is 5.69. The lowest BCUT2D eigenvalue weighted by Gasteiger charge is -2.27. The molecule has 126 valence electrons. The highest BCUT2D eigenvalue weighted by atomic mass is 16.5. The van der Waals surface area contributed by atoms with Crippen LogP contribution in [-0.2, 0) is 38.0 Å². The van der Waals surface area contributed by atoms with Gasteiger partial charge in [0.05, 0.1) is 19.3 Å². The van der Waals surface area contributed by atoms with E-state index in [4.69, 9.17) is 4.74 Å². The van der Waals surface area contributed by atoms with Crippen LogP contribution in [0.25, 0.3) is 0 Å². The van der Waals surface area contributed by atoms with Gasteiger partial charge in [-0.2, -0.15) is 5.10 Å². The lowest BCUT2D eigenvalue weighted by Crippen LogP contribution is -2.34. The van der Waals surface area contributed by atoms with Gasteiger partial charge in [-0.25, -0.2) is 0 Å². The van der Waals surface area contributed by atoms with Gasteiger partial charge in [0.2, 0.25) is 0 Å². The first-order valence-corrected chi connectivity index (χ1v) is 7.95. The minimum absolute atomic E-state index is 0.531. The van der Waals surface area contributed by atoms with E-state index in [1.54, 1.807) is 0 Å². The predicted molar refractivity (Wildman–Crippen MR) is 85.6 cm³/mol. The summed E-state index contributed by atoms with van der Waals surface area (Å²) in [5.74, 6) is 1.95. The van der Waals surface area contributed by atoms with E-state index < -0.39 is 0 Å². The Balaban J connectivity index is 1.53. The van der Waals surface area contributed by atoms with E-state index in [1.807, 2.05) is 32.0 Å². The molecular weight excluding hydrogens is 294 g/mol. The summed E-state index contributed by atoms with van der Waals surface area (Å²) in [4.78, 5) is 4.48. The number of ether oxygens (including phenoxy) is 1. The second-order valence-electron chi connectivity index (χ2n) is 6.27. The van der Waals surface area contributed by atoms with Crippen molar-refractivity contribution in [2.75, 3.05) is 33.8 Å². The normalized spacial score (nSPS) is 15.3. The molecular formula is C15H25N7O. The lowest BCUT2D eigenvalue weighted by molar-refractivity contribution is 0.0961. The van der Waals surface area contributed by atoms with Crippen molar-refractivity contribution in [3.63, 3.8) is 0 Å². The number of fused-ring (bicyclic) bond motifs is 1. The number of aryl methyl sites for hydroxylation is 1. The van der Waals surface area contributed by atoms with Gasteiger partial charge in [-0.1, -0.05) is 0 Å². The number of hydrogen-bond donors (Lipinski definition) is 0. The van der Waals surface area contributed by atoms with Crippen molar-refractivity contribution in [1.82, 2.24) is 34.3 Å². The van der Waals surface area contributed by atoms with Gasteiger partial charge in [-0.05, 0) is 14.1 Å². The molecule has 2 aromatic heterocycles. The summed E-state index contributed by atoms with van der Waals surface area (Å²) in [6.07, 6.45) is 3.98. The zero-order valence-electron chi connectivity index (χ0n) is 14.1. The summed E-state index contributed by atoms with van der Waals surface area (Å²) in [6.45, 7) is 5.78. The van der Waals surface area contributed by atoms with Crippen LogP contribution in [0.1, 0.15) is 17.2 Å². The van der Waals surface area contributed by atoms with Crippen molar-refractivity contribution in [3.8, 4) is 0 Å². The first kappa shape index (κ1) is 16.1. The summed E-state index contributed by atoms with van der Waals surface area (Å²) in [6, 6.07) is 0. The second kappa shape index (κ2) is 7.20. The molecule has 0 bridgehead atoms. The standard InChI is InChI=1S/C15H25N7O/c1-19(2)6-7-23-12-15-18-17-14-11-21(4-5-22(14)15)10-13-8-16-20(3)9-13/h8-9H,4-7,10-12H2,1-3H3. The van der Waals surface area contributed by atoms with Crippen molar-refractivity contribution >= 4 is 0 Å². The third-order valence-corrected chi connectivity index (χ3v) is 3.99. The minimum atomic E-state index is 0.531. The molecule has 0 spiro atoms. The Morgan fingerprint density at radius 1 is 1.26 bits per heavy atom. The number of aromatic nitrogens is 5. The quantitative estimate of drug-likeness (QED) is 0.675. The SMILES string of the molecule is CN(C)CCOCc1nnc2n1CCN(Cc1cnn(C)c1)C2. The molecule has 0 aromatic carbocycles. The van der Waals surface area contributed by atoms with Crippen LogP contribution in [0.3, 0.4) is 0 Å². The van der Waals surface area contributed by atoms with E-state index in [1.165, 1.54) is 5.56 Å². The van der Waals surface area contributed by atoms with E-state index in [2.05, 4.69) is 35.9 Å². The van der Waals surface area contributed by atoms with E-state index in [9.17, 15) is 0 Å². The largest absolute Gasteiger partial charge is 0.372 e. The van der Waals surface area contributed by atoms with Crippen LogP contribution >= 0.6 is 0 Å². The van der Waals surface area contributed by atoms with E-state index in [-0.39, 0.29) is 0 Å². The van der Waals surface area contributed by atoms with Crippen LogP contribution < -0.4 is 0 Å². The molecule has 3 heterocycles. The Bertz CT molecular complexity index is 634. The van der Waals surface area contributed by atoms with Gasteiger partial charge < -0.3 is 14.2 Å². The van der Waals surface area contributed by atoms with Gasteiger partial charge in [-0.15, -0.1) is 10.2 Å². The maximum atomic E-state index is 5.69. The molecule has 0 saturated heterocycles. The highest BCUT2D eigenvalue weighted by Crippen LogP contribution is 2.15. The molecule has 8 nitrogen and oxygen atoms in total. The van der Waals surface area contributed by atoms with E-state index >= 15 is 0 Å². The molecule has 1 aliphatic heterocycles. The molecule has 0 saturated carbocycles. The highest BCUT2D eigenvalue weighted by molar-refractivity contribution is 5.05. The molecule has 0 amide bonds. The van der Waals surface area contributed by atoms with Crippen molar-refractivity contribution < 1.29 is 4.74 Å². The highest BCUT2D eigenvalue weighted by Gasteiger charge is 2.21. The van der Waals surface area contributed by atoms with Gasteiger partial charge in [0, 0.05) is 45.0 Å². The summed E-state index contributed by atoms with van der Waals surface area (Å²) in [5, 5.41) is 12.8. The molecule has 0 aliphatic carbocycles. The summed E-state index contributed by atoms with van der Waals surface area (Å²) in [5.41, 5.74) is 1.23. The zero-order chi connectivity index (χ0) is 16.2. The van der Waals surface area contributed by atoms with Crippen LogP contribution in [0.4, 0.5) is 0 Å². The van der Waals surface area contributed by atoms with Gasteiger partial charge in [0.25, 0.3) is 0 Å². The first-order valence-electron chi connectivity index (χ1n) is 7.95. The first-order chi connectivity index (χ1) is 11.1. The number of likely N-dealkylation sites (N-methyl/N-ethyl adjacent to an activating group) is 1. The van der Waals surface area contributed by atoms with Crippen LogP contribution in [0.2, 0.25) is 0 Å². The van der Waals surface area contributed by atoms with E-state index in [0.717, 1.165) is 44.4 Å². The van der Waals surface area contributed by atoms with Crippen molar-refractivity contribution in [1.29, 1.82) is 0 Å². The topological polar surface area (TPSA) is 64.2 Å². The average molecular weight is 319 g/mol. The van der Waals surface area contributed by atoms with Crippen molar-refractivity contribution in [3.05, 3.63) is 29.6 Å². The molecule has 2 aromatic rings. The van der Waals surface area contributed by atoms with Crippen LogP contribution in [-0.4, -0.2) is 68.1 Å². The molecule has 0 fully saturated rings. The van der Waals surface area contributed by atoms with Gasteiger partial charge in [0.1, 0.15) is 12.4 Å². The maximum Gasteiger partial charge on any atom is 0.159 e. The summed E-state index contributed by atoms with van der Waals surface area (Å²) in [7, 11) is 6.02. The molecule has 0 radical (unpaired) electrons. The third kappa shape index (κ3) is 4.15. The molecule has 0 unspecified atom stereocenters. The molecule has 8 heteroatoms. The minimum Gasteiger partial charge on any atom is -0.372 e. The monoisotopic (exact) mass is 319 g/mol. The smallest absolute Gasteiger partial charge is 0.159 e. The Labute approximate surface area is 136 Å². The second-order valence-corrected chi connectivity index (χ2v) is 6.27. The third-order valence-electron chi connectivity index (χ3n) is 3.99. The lowest BCUT2D eigenvalue weighted by atomic mass is 10.3. The van der Waals surface area contributed by atoms with Gasteiger partial charge in [-0.3, -0.25) is 9.58 Å². The fourth-order valence-electron chi connectivity index (χ4n) is 2.73. The Hall–Kier alpha value is -1.77. The predicted octanol–water partition coefficient (Wildman–Crippen LogP) is 0.106. The zero-order valence-corrected chi connectivity index (χ0v) is 14.1. The van der Waals surface area contributed by atoms with Gasteiger partial charge in [0.15, 0.2) is 5.82 Å².